The van der Waals surface area contributed by atoms with Crippen LogP contribution in [-0.4, -0.2) is 15.7 Å². The largest absolute Gasteiger partial charge is 0.276 e. The molecule has 31 heavy (non-hydrogen) atoms. The molecule has 5 rings (SSSR count). The molecule has 3 heterocycles. The van der Waals surface area contributed by atoms with Crippen molar-refractivity contribution in [1.82, 2.24) is 15.4 Å². The van der Waals surface area contributed by atoms with Gasteiger partial charge in [-0.05, 0) is 86.1 Å². The number of pyridine rings is 2. The second-order valence-corrected chi connectivity index (χ2v) is 10.3. The van der Waals surface area contributed by atoms with Crippen molar-refractivity contribution in [3.63, 3.8) is 0 Å². The van der Waals surface area contributed by atoms with Gasteiger partial charge in [-0.3, -0.25) is 15.4 Å². The molecule has 0 bridgehead atoms. The first-order valence-electron chi connectivity index (χ1n) is 11.5. The van der Waals surface area contributed by atoms with Crippen molar-refractivity contribution < 1.29 is 0 Å². The Hall–Kier alpha value is -2.75. The highest BCUT2D eigenvalue weighted by molar-refractivity contribution is 6.07. The fourth-order valence-electron chi connectivity index (χ4n) is 6.14. The summed E-state index contributed by atoms with van der Waals surface area (Å²) < 4.78 is 0. The molecule has 4 heteroatoms. The molecule has 0 spiro atoms. The van der Waals surface area contributed by atoms with Crippen molar-refractivity contribution in [3.8, 4) is 0 Å². The highest BCUT2D eigenvalue weighted by Gasteiger charge is 2.51. The molecule has 3 aliphatic rings. The van der Waals surface area contributed by atoms with E-state index in [0.717, 1.165) is 42.1 Å². The summed E-state index contributed by atoms with van der Waals surface area (Å²) in [6.45, 7) is 11.8. The third-order valence-corrected chi connectivity index (χ3v) is 8.01. The van der Waals surface area contributed by atoms with Gasteiger partial charge in [-0.25, -0.2) is 0 Å². The van der Waals surface area contributed by atoms with Crippen LogP contribution in [0, 0.1) is 22.7 Å². The van der Waals surface area contributed by atoms with Crippen LogP contribution < -0.4 is 5.43 Å². The number of allylic oxidation sites excluding steroid dienone is 2. The van der Waals surface area contributed by atoms with Crippen molar-refractivity contribution in [3.05, 3.63) is 77.9 Å². The number of hydrogen-bond acceptors (Lipinski definition) is 4. The smallest absolute Gasteiger partial charge is 0.0963 e. The molecule has 0 amide bonds. The Kier molecular flexibility index (Phi) is 4.84. The minimum absolute atomic E-state index is 0.187. The molecule has 0 saturated heterocycles. The summed E-state index contributed by atoms with van der Waals surface area (Å²) in [5.41, 5.74) is 10.4. The van der Waals surface area contributed by atoms with Crippen molar-refractivity contribution in [2.45, 2.75) is 52.9 Å². The average molecular weight is 413 g/mol. The van der Waals surface area contributed by atoms with Crippen LogP contribution in [0.25, 0.3) is 5.70 Å². The number of aromatic nitrogens is 2. The van der Waals surface area contributed by atoms with E-state index in [1.54, 1.807) is 0 Å². The third-order valence-electron chi connectivity index (χ3n) is 8.01. The van der Waals surface area contributed by atoms with Gasteiger partial charge in [-0.1, -0.05) is 38.1 Å². The molecule has 2 aromatic rings. The van der Waals surface area contributed by atoms with E-state index in [-0.39, 0.29) is 5.41 Å². The first kappa shape index (κ1) is 20.2. The van der Waals surface area contributed by atoms with Gasteiger partial charge in [0, 0.05) is 17.8 Å². The monoisotopic (exact) mass is 412 g/mol. The fourth-order valence-corrected chi connectivity index (χ4v) is 6.14. The Morgan fingerprint density at radius 1 is 0.968 bits per heavy atom. The molecule has 2 saturated carbocycles. The van der Waals surface area contributed by atoms with E-state index in [2.05, 4.69) is 54.9 Å². The van der Waals surface area contributed by atoms with Gasteiger partial charge < -0.3 is 0 Å². The van der Waals surface area contributed by atoms with Crippen LogP contribution >= 0.6 is 0 Å². The van der Waals surface area contributed by atoms with Crippen molar-refractivity contribution >= 4 is 11.4 Å². The molecule has 2 aromatic heterocycles. The zero-order valence-electron chi connectivity index (χ0n) is 18.9. The number of hydrazone groups is 1. The Balaban J connectivity index is 1.64. The maximum atomic E-state index is 4.92. The van der Waals surface area contributed by atoms with Gasteiger partial charge in [-0.15, -0.1) is 0 Å². The first-order chi connectivity index (χ1) is 14.9. The lowest BCUT2D eigenvalue weighted by atomic mass is 9.52. The Morgan fingerprint density at radius 3 is 2.32 bits per heavy atom. The molecule has 1 unspecified atom stereocenters. The van der Waals surface area contributed by atoms with E-state index in [9.17, 15) is 0 Å². The second-order valence-electron chi connectivity index (χ2n) is 10.3. The quantitative estimate of drug-likeness (QED) is 0.616. The molecule has 2 aliphatic carbocycles. The fraction of sp³-hybridized carbons (Fsp3) is 0.444. The van der Waals surface area contributed by atoms with Gasteiger partial charge in [0.1, 0.15) is 0 Å². The van der Waals surface area contributed by atoms with Gasteiger partial charge in [0.2, 0.25) is 0 Å². The number of fused-ring (bicyclic) bond motifs is 2. The van der Waals surface area contributed by atoms with E-state index >= 15 is 0 Å². The first-order valence-corrected chi connectivity index (χ1v) is 11.5. The molecule has 0 radical (unpaired) electrons. The summed E-state index contributed by atoms with van der Waals surface area (Å²) in [4.78, 5) is 9.34. The van der Waals surface area contributed by atoms with Gasteiger partial charge in [0.25, 0.3) is 0 Å². The molecule has 0 aromatic carbocycles. The lowest BCUT2D eigenvalue weighted by Crippen LogP contribution is -2.45. The minimum Gasteiger partial charge on any atom is -0.276 e. The topological polar surface area (TPSA) is 50.2 Å². The summed E-state index contributed by atoms with van der Waals surface area (Å²) in [7, 11) is 0. The van der Waals surface area contributed by atoms with Gasteiger partial charge >= 0.3 is 0 Å². The van der Waals surface area contributed by atoms with Crippen LogP contribution in [0.5, 0.6) is 0 Å². The van der Waals surface area contributed by atoms with Crippen molar-refractivity contribution in [2.24, 2.45) is 27.8 Å². The van der Waals surface area contributed by atoms with Crippen molar-refractivity contribution in [1.29, 1.82) is 0 Å². The Morgan fingerprint density at radius 2 is 1.68 bits per heavy atom. The van der Waals surface area contributed by atoms with E-state index in [1.165, 1.54) is 24.0 Å². The maximum absolute atomic E-state index is 4.92. The van der Waals surface area contributed by atoms with Gasteiger partial charge in [-0.2, -0.15) is 5.10 Å². The van der Waals surface area contributed by atoms with Crippen LogP contribution in [0.1, 0.15) is 64.3 Å². The van der Waals surface area contributed by atoms with Crippen LogP contribution in [0.4, 0.5) is 0 Å². The molecule has 4 nitrogen and oxygen atoms in total. The minimum atomic E-state index is -0.187. The highest BCUT2D eigenvalue weighted by Crippen LogP contribution is 2.59. The lowest BCUT2D eigenvalue weighted by molar-refractivity contribution is -0.000116. The predicted octanol–water partition coefficient (Wildman–Crippen LogP) is 5.99. The van der Waals surface area contributed by atoms with E-state index < -0.39 is 0 Å². The molecule has 3 atom stereocenters. The molecule has 160 valence electrons. The average Bonchev–Trinajstić information content (AvgIpc) is 2.81. The number of nitrogens with zero attached hydrogens (tertiary/aromatic N) is 3. The normalized spacial score (nSPS) is 29.9. The zero-order valence-corrected chi connectivity index (χ0v) is 18.9. The molecular weight excluding hydrogens is 380 g/mol. The lowest BCUT2D eigenvalue weighted by Gasteiger charge is -2.53. The maximum Gasteiger partial charge on any atom is 0.0963 e. The zero-order chi connectivity index (χ0) is 21.6. The standard InChI is InChI=1S/C27H32N4/c1-18-11-12-21-24(22-9-5-7-15-28-22)30-31-25(23-10-6-8-16-29-23)27(21,4)14-13-20-19(18)17-26(20,2)3/h5-10,15-16,19-20,30H,1,11-14,17H2,2-4H3/t19-,20-,27?/m1/s1. The van der Waals surface area contributed by atoms with Crippen LogP contribution in [0.3, 0.4) is 0 Å². The van der Waals surface area contributed by atoms with Crippen LogP contribution in [-0.2, 0) is 0 Å². The summed E-state index contributed by atoms with van der Waals surface area (Å²) in [5, 5.41) is 4.92. The predicted molar refractivity (Wildman–Crippen MR) is 126 cm³/mol. The van der Waals surface area contributed by atoms with Crippen molar-refractivity contribution in [2.75, 3.05) is 0 Å². The molecular formula is C27H32N4. The molecule has 1 N–H and O–H groups in total. The van der Waals surface area contributed by atoms with E-state index in [4.69, 9.17) is 5.10 Å². The van der Waals surface area contributed by atoms with Gasteiger partial charge in [0.15, 0.2) is 0 Å². The van der Waals surface area contributed by atoms with Crippen LogP contribution in [0.2, 0.25) is 0 Å². The Bertz CT molecular complexity index is 1050. The second kappa shape index (κ2) is 7.44. The van der Waals surface area contributed by atoms with E-state index in [1.807, 2.05) is 36.7 Å². The summed E-state index contributed by atoms with van der Waals surface area (Å²) in [6.07, 6.45) is 9.22. The van der Waals surface area contributed by atoms with Crippen LogP contribution in [0.15, 0.2) is 71.6 Å². The summed E-state index contributed by atoms with van der Waals surface area (Å²) in [5.74, 6) is 1.34. The summed E-state index contributed by atoms with van der Waals surface area (Å²) in [6, 6.07) is 12.2. The number of hydrogen-bond donors (Lipinski definition) is 1. The number of nitrogens with one attached hydrogen (secondary N) is 1. The number of rotatable bonds is 2. The SMILES string of the molecule is C=C1CCC2=C(c3ccccn3)NN=C(c3ccccn3)C2(C)CC[C@@H]2[C@@H]1CC2(C)C. The summed E-state index contributed by atoms with van der Waals surface area (Å²) >= 11 is 0. The van der Waals surface area contributed by atoms with Gasteiger partial charge in [0.05, 0.1) is 22.8 Å². The highest BCUT2D eigenvalue weighted by atomic mass is 15.3. The molecule has 1 aliphatic heterocycles. The van der Waals surface area contributed by atoms with E-state index in [0.29, 0.717) is 17.3 Å². The Labute approximate surface area is 185 Å². The molecule has 2 fully saturated rings. The third kappa shape index (κ3) is 3.33.